The van der Waals surface area contributed by atoms with Gasteiger partial charge in [-0.3, -0.25) is 14.6 Å². The van der Waals surface area contributed by atoms with Crippen LogP contribution >= 0.6 is 11.6 Å². The van der Waals surface area contributed by atoms with Gasteiger partial charge in [-0.05, 0) is 56.2 Å². The normalized spacial score (nSPS) is 23.2. The molecular formula is C28H35ClF3N3O4. The van der Waals surface area contributed by atoms with Gasteiger partial charge in [0.05, 0.1) is 29.9 Å². The quantitative estimate of drug-likeness (QED) is 0.528. The Morgan fingerprint density at radius 1 is 1.05 bits per heavy atom. The predicted molar refractivity (Wildman–Crippen MR) is 143 cm³/mol. The highest BCUT2D eigenvalue weighted by Gasteiger charge is 2.35. The Hall–Kier alpha value is -2.53. The first kappa shape index (κ1) is 29.5. The van der Waals surface area contributed by atoms with Gasteiger partial charge in [-0.25, -0.2) is 0 Å². The van der Waals surface area contributed by atoms with Gasteiger partial charge in [0.1, 0.15) is 11.5 Å². The maximum absolute atomic E-state index is 13.6. The van der Waals surface area contributed by atoms with E-state index < -0.39 is 17.6 Å². The fraction of sp³-hybridized carbons (Fsp3) is 0.536. The number of carbonyl (C=O) groups is 1. The van der Waals surface area contributed by atoms with Crippen molar-refractivity contribution in [2.24, 2.45) is 0 Å². The summed E-state index contributed by atoms with van der Waals surface area (Å²) in [6.45, 7) is 8.98. The SMILES string of the molecule is COc1cc(C(=O)N2CCN(CCN3CC(C)OC(C)C3)C[C@H]2Cc2ccc(Cl)c(O)c2)cc(C(F)(F)F)c1. The van der Waals surface area contributed by atoms with E-state index in [1.165, 1.54) is 13.2 Å². The highest BCUT2D eigenvalue weighted by molar-refractivity contribution is 6.32. The number of morpholine rings is 1. The maximum atomic E-state index is 13.6. The maximum Gasteiger partial charge on any atom is 0.416 e. The monoisotopic (exact) mass is 569 g/mol. The topological polar surface area (TPSA) is 65.5 Å². The van der Waals surface area contributed by atoms with Crippen molar-refractivity contribution in [1.82, 2.24) is 14.7 Å². The third-order valence-electron chi connectivity index (χ3n) is 7.25. The molecular weight excluding hydrogens is 535 g/mol. The van der Waals surface area contributed by atoms with E-state index in [0.29, 0.717) is 26.1 Å². The number of phenolic OH excluding ortho intramolecular Hbond substituents is 1. The van der Waals surface area contributed by atoms with E-state index in [-0.39, 0.29) is 40.3 Å². The number of nitrogens with zero attached hydrogens (tertiary/aromatic N) is 3. The standard InChI is InChI=1S/C28H35ClF3N3O4/c1-18-15-34(16-19(2)39-18)7-6-33-8-9-35(23(17-33)10-20-4-5-25(29)26(36)11-20)27(37)21-12-22(28(30,31)32)14-24(13-21)38-3/h4-5,11-14,18-19,23,36H,6-10,15-17H2,1-3H3/t18?,19?,23-/m1/s1. The van der Waals surface area contributed by atoms with Crippen LogP contribution in [0.15, 0.2) is 36.4 Å². The lowest BCUT2D eigenvalue weighted by Crippen LogP contribution is -2.57. The lowest BCUT2D eigenvalue weighted by molar-refractivity contribution is -0.137. The number of aromatic hydroxyl groups is 1. The summed E-state index contributed by atoms with van der Waals surface area (Å²) in [6, 6.07) is 7.73. The summed E-state index contributed by atoms with van der Waals surface area (Å²) in [7, 11) is 1.27. The lowest BCUT2D eigenvalue weighted by Gasteiger charge is -2.43. The van der Waals surface area contributed by atoms with Crippen molar-refractivity contribution in [3.63, 3.8) is 0 Å². The summed E-state index contributed by atoms with van der Waals surface area (Å²) in [4.78, 5) is 19.9. The van der Waals surface area contributed by atoms with Gasteiger partial charge in [0, 0.05) is 57.4 Å². The van der Waals surface area contributed by atoms with Crippen LogP contribution in [0.1, 0.15) is 35.3 Å². The molecule has 1 amide bonds. The number of phenols is 1. The molecule has 39 heavy (non-hydrogen) atoms. The predicted octanol–water partition coefficient (Wildman–Crippen LogP) is 4.55. The Bertz CT molecular complexity index is 1160. The second-order valence-corrected chi connectivity index (χ2v) is 10.8. The molecule has 2 aromatic rings. The molecule has 2 aromatic carbocycles. The molecule has 0 bridgehead atoms. The second kappa shape index (κ2) is 12.3. The van der Waals surface area contributed by atoms with Crippen molar-refractivity contribution in [1.29, 1.82) is 0 Å². The molecule has 0 spiro atoms. The number of alkyl halides is 3. The smallest absolute Gasteiger partial charge is 0.416 e. The van der Waals surface area contributed by atoms with Gasteiger partial charge < -0.3 is 19.5 Å². The zero-order valence-corrected chi connectivity index (χ0v) is 23.1. The van der Waals surface area contributed by atoms with Gasteiger partial charge in [-0.15, -0.1) is 0 Å². The number of methoxy groups -OCH3 is 1. The summed E-state index contributed by atoms with van der Waals surface area (Å²) >= 11 is 5.98. The van der Waals surface area contributed by atoms with E-state index in [2.05, 4.69) is 23.6 Å². The van der Waals surface area contributed by atoms with Gasteiger partial charge in [0.2, 0.25) is 0 Å². The fourth-order valence-corrected chi connectivity index (χ4v) is 5.56. The summed E-state index contributed by atoms with van der Waals surface area (Å²) in [5, 5.41) is 10.3. The molecule has 11 heteroatoms. The largest absolute Gasteiger partial charge is 0.506 e. The first-order valence-electron chi connectivity index (χ1n) is 13.1. The highest BCUT2D eigenvalue weighted by Crippen LogP contribution is 2.33. The number of hydrogen-bond donors (Lipinski definition) is 1. The highest BCUT2D eigenvalue weighted by atomic mass is 35.5. The molecule has 1 N–H and O–H groups in total. The summed E-state index contributed by atoms with van der Waals surface area (Å²) in [6.07, 6.45) is -3.87. The molecule has 2 saturated heterocycles. The van der Waals surface area contributed by atoms with Crippen LogP contribution in [0.5, 0.6) is 11.5 Å². The van der Waals surface area contributed by atoms with Crippen LogP contribution in [0.25, 0.3) is 0 Å². The first-order chi connectivity index (χ1) is 18.4. The zero-order valence-electron chi connectivity index (χ0n) is 22.4. The summed E-state index contributed by atoms with van der Waals surface area (Å²) < 4.78 is 51.5. The molecule has 0 radical (unpaired) electrons. The molecule has 3 atom stereocenters. The minimum Gasteiger partial charge on any atom is -0.506 e. The molecule has 2 unspecified atom stereocenters. The minimum absolute atomic E-state index is 0.0278. The molecule has 4 rings (SSSR count). The van der Waals surface area contributed by atoms with Crippen molar-refractivity contribution in [2.75, 3.05) is 52.9 Å². The first-order valence-corrected chi connectivity index (χ1v) is 13.5. The van der Waals surface area contributed by atoms with E-state index in [1.54, 1.807) is 23.1 Å². The molecule has 0 aliphatic carbocycles. The van der Waals surface area contributed by atoms with Gasteiger partial charge in [0.15, 0.2) is 0 Å². The summed E-state index contributed by atoms with van der Waals surface area (Å²) in [5.41, 5.74) is -0.230. The summed E-state index contributed by atoms with van der Waals surface area (Å²) in [5.74, 6) is -0.573. The Morgan fingerprint density at radius 2 is 1.74 bits per heavy atom. The number of amides is 1. The van der Waals surface area contributed by atoms with Crippen molar-refractivity contribution < 1.29 is 32.5 Å². The minimum atomic E-state index is -4.61. The van der Waals surface area contributed by atoms with E-state index in [9.17, 15) is 23.1 Å². The van der Waals surface area contributed by atoms with Gasteiger partial charge >= 0.3 is 6.18 Å². The number of carbonyl (C=O) groups excluding carboxylic acids is 1. The number of ether oxygens (including phenoxy) is 2. The zero-order chi connectivity index (χ0) is 28.3. The average Bonchev–Trinajstić information content (AvgIpc) is 2.88. The van der Waals surface area contributed by atoms with Crippen LogP contribution in [-0.2, 0) is 17.3 Å². The van der Waals surface area contributed by atoms with Crippen LogP contribution in [0.2, 0.25) is 5.02 Å². The van der Waals surface area contributed by atoms with Crippen LogP contribution in [0.3, 0.4) is 0 Å². The van der Waals surface area contributed by atoms with E-state index in [1.807, 2.05) is 0 Å². The number of piperazine rings is 1. The molecule has 2 fully saturated rings. The van der Waals surface area contributed by atoms with Gasteiger partial charge in [0.25, 0.3) is 5.91 Å². The Kier molecular flexibility index (Phi) is 9.31. The van der Waals surface area contributed by atoms with E-state index >= 15 is 0 Å². The Labute approximate surface area is 232 Å². The van der Waals surface area contributed by atoms with Crippen molar-refractivity contribution in [2.45, 2.75) is 44.7 Å². The molecule has 7 nitrogen and oxygen atoms in total. The molecule has 2 heterocycles. The third kappa shape index (κ3) is 7.57. The lowest BCUT2D eigenvalue weighted by atomic mass is 9.99. The average molecular weight is 570 g/mol. The van der Waals surface area contributed by atoms with Crippen molar-refractivity contribution >= 4 is 17.5 Å². The Balaban J connectivity index is 1.54. The molecule has 0 saturated carbocycles. The third-order valence-corrected chi connectivity index (χ3v) is 7.57. The number of benzene rings is 2. The van der Waals surface area contributed by atoms with Crippen LogP contribution in [-0.4, -0.2) is 96.9 Å². The second-order valence-electron chi connectivity index (χ2n) is 10.4. The molecule has 214 valence electrons. The molecule has 2 aliphatic heterocycles. The number of halogens is 4. The van der Waals surface area contributed by atoms with Crippen LogP contribution in [0, 0.1) is 0 Å². The number of hydrogen-bond acceptors (Lipinski definition) is 6. The van der Waals surface area contributed by atoms with E-state index in [4.69, 9.17) is 21.1 Å². The van der Waals surface area contributed by atoms with Crippen LogP contribution < -0.4 is 4.74 Å². The number of rotatable bonds is 7. The van der Waals surface area contributed by atoms with Gasteiger partial charge in [-0.1, -0.05) is 17.7 Å². The van der Waals surface area contributed by atoms with E-state index in [0.717, 1.165) is 43.9 Å². The Morgan fingerprint density at radius 3 is 2.38 bits per heavy atom. The molecule has 2 aliphatic rings. The van der Waals surface area contributed by atoms with Crippen LogP contribution in [0.4, 0.5) is 13.2 Å². The fourth-order valence-electron chi connectivity index (χ4n) is 5.44. The molecule has 0 aromatic heterocycles. The van der Waals surface area contributed by atoms with Crippen molar-refractivity contribution in [3.05, 3.63) is 58.1 Å². The van der Waals surface area contributed by atoms with Gasteiger partial charge in [-0.2, -0.15) is 13.2 Å². The van der Waals surface area contributed by atoms with Crippen molar-refractivity contribution in [3.8, 4) is 11.5 Å².